The van der Waals surface area contributed by atoms with Gasteiger partial charge in [0.2, 0.25) is 0 Å². The number of imide groups is 2. The zero-order chi connectivity index (χ0) is 16.7. The largest absolute Gasteiger partial charge is 0.373 e. The zero-order valence-corrected chi connectivity index (χ0v) is 13.9. The number of hydrogen-bond acceptors (Lipinski definition) is 4. The van der Waals surface area contributed by atoms with Gasteiger partial charge in [-0.3, -0.25) is 19.4 Å². The summed E-state index contributed by atoms with van der Waals surface area (Å²) in [6, 6.07) is -0.622. The lowest BCUT2D eigenvalue weighted by Crippen LogP contribution is -2.53. The zero-order valence-electron chi connectivity index (χ0n) is 13.1. The van der Waals surface area contributed by atoms with Gasteiger partial charge in [-0.1, -0.05) is 6.08 Å². The summed E-state index contributed by atoms with van der Waals surface area (Å²) in [6.45, 7) is 0.361. The van der Waals surface area contributed by atoms with Crippen molar-refractivity contribution < 1.29 is 19.1 Å². The lowest BCUT2D eigenvalue weighted by atomic mass is 9.83. The van der Waals surface area contributed by atoms with Crippen LogP contribution in [0, 0.1) is 5.92 Å². The van der Waals surface area contributed by atoms with Crippen molar-refractivity contribution in [2.45, 2.75) is 30.7 Å². The van der Waals surface area contributed by atoms with E-state index in [4.69, 9.17) is 16.3 Å². The summed E-state index contributed by atoms with van der Waals surface area (Å²) in [4.78, 5) is 38.0. The van der Waals surface area contributed by atoms with E-state index in [0.29, 0.717) is 6.61 Å². The molecule has 3 rings (SSSR count). The van der Waals surface area contributed by atoms with Gasteiger partial charge >= 0.3 is 6.03 Å². The minimum Gasteiger partial charge on any atom is -0.373 e. The molecule has 2 fully saturated rings. The molecule has 124 valence electrons. The smallest absolute Gasteiger partial charge is 0.333 e. The van der Waals surface area contributed by atoms with Crippen molar-refractivity contribution >= 4 is 29.4 Å². The third-order valence-electron chi connectivity index (χ3n) is 4.64. The van der Waals surface area contributed by atoms with Crippen LogP contribution >= 0.6 is 11.6 Å². The number of barbiturate groups is 1. The van der Waals surface area contributed by atoms with Gasteiger partial charge in [0.15, 0.2) is 0 Å². The minimum absolute atomic E-state index is 0.0128. The van der Waals surface area contributed by atoms with E-state index in [1.54, 1.807) is 0 Å². The van der Waals surface area contributed by atoms with Crippen molar-refractivity contribution in [2.24, 2.45) is 5.92 Å². The van der Waals surface area contributed by atoms with Crippen molar-refractivity contribution in [3.05, 3.63) is 23.3 Å². The summed E-state index contributed by atoms with van der Waals surface area (Å²) in [5.74, 6) is -0.960. The van der Waals surface area contributed by atoms with Gasteiger partial charge in [-0.05, 0) is 30.9 Å². The van der Waals surface area contributed by atoms with E-state index >= 15 is 0 Å². The van der Waals surface area contributed by atoms with Crippen LogP contribution in [0.1, 0.15) is 19.3 Å². The fourth-order valence-electron chi connectivity index (χ4n) is 3.28. The second-order valence-electron chi connectivity index (χ2n) is 6.23. The number of carbonyl (C=O) groups excluding carboxylic acids is 3. The highest BCUT2D eigenvalue weighted by Gasteiger charge is 2.38. The number of likely N-dealkylation sites (N-methyl/N-ethyl adjacent to an activating group) is 2. The van der Waals surface area contributed by atoms with Crippen LogP contribution in [0.3, 0.4) is 0 Å². The first-order valence-corrected chi connectivity index (χ1v) is 8.10. The van der Waals surface area contributed by atoms with Gasteiger partial charge in [-0.25, -0.2) is 4.79 Å². The number of carbonyl (C=O) groups is 3. The van der Waals surface area contributed by atoms with Crippen molar-refractivity contribution in [1.29, 1.82) is 0 Å². The molecule has 1 saturated carbocycles. The molecule has 3 atom stereocenters. The van der Waals surface area contributed by atoms with Crippen LogP contribution in [0.4, 0.5) is 4.79 Å². The molecule has 3 unspecified atom stereocenters. The Balaban J connectivity index is 1.87. The molecule has 0 aromatic carbocycles. The van der Waals surface area contributed by atoms with E-state index in [2.05, 4.69) is 0 Å². The highest BCUT2D eigenvalue weighted by molar-refractivity contribution is 6.28. The van der Waals surface area contributed by atoms with Gasteiger partial charge in [0.25, 0.3) is 11.8 Å². The number of rotatable bonds is 1. The number of alkyl halides is 1. The van der Waals surface area contributed by atoms with Gasteiger partial charge in [-0.2, -0.15) is 0 Å². The highest BCUT2D eigenvalue weighted by Crippen LogP contribution is 2.35. The molecular formula is C16H19ClN2O4. The van der Waals surface area contributed by atoms with Crippen molar-refractivity contribution in [3.63, 3.8) is 0 Å². The Hall–Kier alpha value is -1.66. The van der Waals surface area contributed by atoms with E-state index < -0.39 is 17.8 Å². The Labute approximate surface area is 139 Å². The molecule has 1 aliphatic carbocycles. The first-order valence-electron chi connectivity index (χ1n) is 7.66. The molecule has 6 nitrogen and oxygen atoms in total. The molecule has 1 saturated heterocycles. The summed E-state index contributed by atoms with van der Waals surface area (Å²) < 4.78 is 5.84. The average Bonchev–Trinajstić information content (AvgIpc) is 2.54. The second kappa shape index (κ2) is 6.09. The van der Waals surface area contributed by atoms with Crippen LogP contribution in [0.5, 0.6) is 0 Å². The molecule has 2 heterocycles. The number of amides is 4. The van der Waals surface area contributed by atoms with Crippen LogP contribution < -0.4 is 0 Å². The number of fused-ring (bicyclic) bond motifs is 1. The van der Waals surface area contributed by atoms with Crippen LogP contribution in [0.15, 0.2) is 23.3 Å². The van der Waals surface area contributed by atoms with Gasteiger partial charge in [0.05, 0.1) is 12.7 Å². The van der Waals surface area contributed by atoms with Crippen LogP contribution in [0.25, 0.3) is 0 Å². The third kappa shape index (κ3) is 2.93. The number of halogens is 1. The van der Waals surface area contributed by atoms with Gasteiger partial charge < -0.3 is 4.74 Å². The summed E-state index contributed by atoms with van der Waals surface area (Å²) in [6.07, 6.45) is 6.46. The predicted octanol–water partition coefficient (Wildman–Crippen LogP) is 1.70. The first kappa shape index (κ1) is 16.2. The monoisotopic (exact) mass is 338 g/mol. The highest BCUT2D eigenvalue weighted by atomic mass is 35.5. The molecule has 4 amide bonds. The van der Waals surface area contributed by atoms with E-state index in [-0.39, 0.29) is 23.0 Å². The molecule has 0 N–H and O–H groups in total. The maximum absolute atomic E-state index is 12.2. The standard InChI is InChI=1S/C16H19ClN2O4/c1-18-14(20)12(15(21)19(2)16(18)22)6-9-5-10-7-11(17)3-4-13(10)23-8-9/h5-6,10-11,13H,3-4,7-8H2,1-2H3. The molecule has 0 spiro atoms. The van der Waals surface area contributed by atoms with Gasteiger partial charge in [0, 0.05) is 25.4 Å². The van der Waals surface area contributed by atoms with Crippen molar-refractivity contribution in [3.8, 4) is 0 Å². The van der Waals surface area contributed by atoms with E-state index in [0.717, 1.165) is 34.6 Å². The molecule has 0 aromatic heterocycles. The van der Waals surface area contributed by atoms with Crippen LogP contribution in [0.2, 0.25) is 0 Å². The summed E-state index contributed by atoms with van der Waals surface area (Å²) in [5.41, 5.74) is 0.769. The quantitative estimate of drug-likeness (QED) is 0.414. The average molecular weight is 339 g/mol. The molecule has 2 aliphatic heterocycles. The fourth-order valence-corrected chi connectivity index (χ4v) is 3.61. The van der Waals surface area contributed by atoms with E-state index in [9.17, 15) is 14.4 Å². The SMILES string of the molecule is CN1C(=O)C(=CC2=CC3CC(Cl)CCC3OC2)C(=O)N(C)C1=O. The summed E-state index contributed by atoms with van der Waals surface area (Å²) in [5, 5.41) is 0.135. The Morgan fingerprint density at radius 1 is 1.17 bits per heavy atom. The minimum atomic E-state index is -0.622. The van der Waals surface area contributed by atoms with Gasteiger partial charge in [0.1, 0.15) is 5.57 Å². The lowest BCUT2D eigenvalue weighted by molar-refractivity contribution is -0.134. The number of nitrogens with zero attached hydrogens (tertiary/aromatic N) is 2. The number of ether oxygens (including phenoxy) is 1. The fraction of sp³-hybridized carbons (Fsp3) is 0.562. The van der Waals surface area contributed by atoms with Crippen LogP contribution in [-0.4, -0.2) is 59.8 Å². The molecule has 23 heavy (non-hydrogen) atoms. The molecular weight excluding hydrogens is 320 g/mol. The molecule has 0 aromatic rings. The Bertz CT molecular complexity index is 602. The maximum atomic E-state index is 12.2. The molecule has 0 bridgehead atoms. The lowest BCUT2D eigenvalue weighted by Gasteiger charge is -2.36. The predicted molar refractivity (Wildman–Crippen MR) is 83.8 cm³/mol. The first-order chi connectivity index (χ1) is 10.9. The third-order valence-corrected chi connectivity index (χ3v) is 5.03. The maximum Gasteiger partial charge on any atom is 0.333 e. The van der Waals surface area contributed by atoms with Crippen molar-refractivity contribution in [2.75, 3.05) is 20.7 Å². The second-order valence-corrected chi connectivity index (χ2v) is 6.85. The molecule has 3 aliphatic rings. The molecule has 0 radical (unpaired) electrons. The Morgan fingerprint density at radius 3 is 2.48 bits per heavy atom. The number of hydrogen-bond donors (Lipinski definition) is 0. The Morgan fingerprint density at radius 2 is 1.83 bits per heavy atom. The Kier molecular flexibility index (Phi) is 4.29. The number of urea groups is 1. The van der Waals surface area contributed by atoms with Crippen LogP contribution in [-0.2, 0) is 14.3 Å². The topological polar surface area (TPSA) is 66.9 Å². The van der Waals surface area contributed by atoms with E-state index in [1.807, 2.05) is 6.08 Å². The normalized spacial score (nSPS) is 32.0. The van der Waals surface area contributed by atoms with E-state index in [1.165, 1.54) is 20.2 Å². The summed E-state index contributed by atoms with van der Waals surface area (Å²) in [7, 11) is 2.73. The van der Waals surface area contributed by atoms with Crippen molar-refractivity contribution in [1.82, 2.24) is 9.80 Å². The van der Waals surface area contributed by atoms with Gasteiger partial charge in [-0.15, -0.1) is 11.6 Å². The summed E-state index contributed by atoms with van der Waals surface area (Å²) >= 11 is 6.22. The molecule has 7 heteroatoms.